The summed E-state index contributed by atoms with van der Waals surface area (Å²) >= 11 is 0. The van der Waals surface area contributed by atoms with Crippen molar-refractivity contribution >= 4 is 27.4 Å². The third kappa shape index (κ3) is 3.02. The topological polar surface area (TPSA) is 91.7 Å². The third-order valence-electron chi connectivity index (χ3n) is 4.74. The van der Waals surface area contributed by atoms with E-state index in [-0.39, 0.29) is 0 Å². The van der Waals surface area contributed by atoms with Crippen molar-refractivity contribution < 1.29 is 13.6 Å². The standard InChI is InChI=1S/C19H21N3O3S/c1-12-19(13(2)25-21-12)14-10-17-16(8-5-9-20-17)18(11-14)26(23,24)22-15-6-3-4-7-15/h5,8-11,23-24H,3-4,6-7H2,1-2H3. The van der Waals surface area contributed by atoms with E-state index in [1.54, 1.807) is 18.3 Å². The van der Waals surface area contributed by atoms with Gasteiger partial charge in [-0.1, -0.05) is 15.9 Å². The molecule has 1 aliphatic rings. The van der Waals surface area contributed by atoms with Gasteiger partial charge in [0.1, 0.15) is 5.76 Å². The Morgan fingerprint density at radius 2 is 1.92 bits per heavy atom. The predicted octanol–water partition coefficient (Wildman–Crippen LogP) is 5.55. The smallest absolute Gasteiger partial charge is 0.141 e. The highest BCUT2D eigenvalue weighted by Gasteiger charge is 2.23. The van der Waals surface area contributed by atoms with Gasteiger partial charge < -0.3 is 4.52 Å². The van der Waals surface area contributed by atoms with Gasteiger partial charge in [-0.05, 0) is 69.4 Å². The first kappa shape index (κ1) is 17.2. The molecular formula is C19H21N3O3S. The molecule has 0 bridgehead atoms. The summed E-state index contributed by atoms with van der Waals surface area (Å²) in [4.78, 5) is 4.81. The molecule has 0 spiro atoms. The normalized spacial score (nSPS) is 15.6. The third-order valence-corrected chi connectivity index (χ3v) is 6.18. The molecule has 3 aromatic rings. The fraction of sp³-hybridized carbons (Fsp3) is 0.316. The lowest BCUT2D eigenvalue weighted by Gasteiger charge is -2.29. The molecule has 4 rings (SSSR count). The van der Waals surface area contributed by atoms with E-state index in [1.807, 2.05) is 26.0 Å². The zero-order chi connectivity index (χ0) is 18.3. The van der Waals surface area contributed by atoms with Gasteiger partial charge in [0.15, 0.2) is 0 Å². The Morgan fingerprint density at radius 1 is 1.15 bits per heavy atom. The lowest BCUT2D eigenvalue weighted by atomic mass is 10.0. The minimum atomic E-state index is -3.31. The summed E-state index contributed by atoms with van der Waals surface area (Å²) in [7, 11) is -3.31. The van der Waals surface area contributed by atoms with Crippen LogP contribution in [0.15, 0.2) is 44.3 Å². The van der Waals surface area contributed by atoms with E-state index >= 15 is 0 Å². The summed E-state index contributed by atoms with van der Waals surface area (Å²) in [5.74, 6) is 0.683. The van der Waals surface area contributed by atoms with Crippen LogP contribution in [0.25, 0.3) is 22.0 Å². The molecule has 2 aromatic heterocycles. The monoisotopic (exact) mass is 371 g/mol. The zero-order valence-corrected chi connectivity index (χ0v) is 15.6. The second-order valence-corrected chi connectivity index (χ2v) is 8.29. The van der Waals surface area contributed by atoms with Crippen LogP contribution in [0.2, 0.25) is 0 Å². The Balaban J connectivity index is 1.94. The van der Waals surface area contributed by atoms with Gasteiger partial charge in [0, 0.05) is 22.9 Å². The van der Waals surface area contributed by atoms with Crippen molar-refractivity contribution in [3.05, 3.63) is 41.9 Å². The Kier molecular flexibility index (Phi) is 4.30. The Labute approximate surface area is 153 Å². The second-order valence-electron chi connectivity index (χ2n) is 6.63. The van der Waals surface area contributed by atoms with Crippen LogP contribution in [-0.2, 0) is 0 Å². The lowest BCUT2D eigenvalue weighted by molar-refractivity contribution is 0.393. The SMILES string of the molecule is Cc1noc(C)c1-c1cc(S(O)(O)N=C2CCCC2)c2cccnc2c1. The molecule has 0 unspecified atom stereocenters. The molecule has 1 saturated carbocycles. The summed E-state index contributed by atoms with van der Waals surface area (Å²) in [6.07, 6.45) is 5.45. The molecule has 0 radical (unpaired) electrons. The van der Waals surface area contributed by atoms with E-state index in [1.165, 1.54) is 0 Å². The van der Waals surface area contributed by atoms with E-state index in [2.05, 4.69) is 14.5 Å². The van der Waals surface area contributed by atoms with Crippen molar-refractivity contribution in [2.75, 3.05) is 0 Å². The molecule has 6 nitrogen and oxygen atoms in total. The van der Waals surface area contributed by atoms with Crippen LogP contribution in [0.3, 0.4) is 0 Å². The van der Waals surface area contributed by atoms with Gasteiger partial charge in [0.25, 0.3) is 0 Å². The highest BCUT2D eigenvalue weighted by molar-refractivity contribution is 8.23. The molecule has 0 saturated heterocycles. The molecular weight excluding hydrogens is 350 g/mol. The van der Waals surface area contributed by atoms with Crippen LogP contribution in [0.1, 0.15) is 37.1 Å². The van der Waals surface area contributed by atoms with Gasteiger partial charge in [-0.25, -0.2) is 0 Å². The Hall–Kier alpha value is -2.22. The molecule has 2 heterocycles. The van der Waals surface area contributed by atoms with Gasteiger partial charge >= 0.3 is 0 Å². The van der Waals surface area contributed by atoms with Crippen LogP contribution in [-0.4, -0.2) is 25.0 Å². The first-order chi connectivity index (χ1) is 12.5. The molecule has 1 aromatic carbocycles. The Morgan fingerprint density at radius 3 is 2.62 bits per heavy atom. The number of rotatable bonds is 3. The summed E-state index contributed by atoms with van der Waals surface area (Å²) < 4.78 is 31.4. The van der Waals surface area contributed by atoms with Crippen molar-refractivity contribution in [2.45, 2.75) is 44.4 Å². The van der Waals surface area contributed by atoms with E-state index in [0.717, 1.165) is 48.2 Å². The molecule has 1 aliphatic carbocycles. The number of fused-ring (bicyclic) bond motifs is 1. The van der Waals surface area contributed by atoms with Crippen molar-refractivity contribution in [1.82, 2.24) is 10.1 Å². The lowest BCUT2D eigenvalue weighted by Crippen LogP contribution is -2.01. The molecule has 7 heteroatoms. The van der Waals surface area contributed by atoms with Crippen molar-refractivity contribution in [1.29, 1.82) is 0 Å². The molecule has 136 valence electrons. The quantitative estimate of drug-likeness (QED) is 0.630. The van der Waals surface area contributed by atoms with Crippen molar-refractivity contribution in [3.8, 4) is 11.1 Å². The van der Waals surface area contributed by atoms with Crippen LogP contribution < -0.4 is 0 Å². The number of aryl methyl sites for hydroxylation is 2. The molecule has 0 aliphatic heterocycles. The molecule has 2 N–H and O–H groups in total. The fourth-order valence-corrected chi connectivity index (χ4v) is 4.91. The largest absolute Gasteiger partial charge is 0.361 e. The van der Waals surface area contributed by atoms with E-state index in [4.69, 9.17) is 4.52 Å². The molecule has 26 heavy (non-hydrogen) atoms. The number of nitrogens with zero attached hydrogens (tertiary/aromatic N) is 3. The van der Waals surface area contributed by atoms with Crippen LogP contribution >= 0.6 is 10.8 Å². The maximum Gasteiger partial charge on any atom is 0.141 e. The maximum absolute atomic E-state index is 10.9. The first-order valence-electron chi connectivity index (χ1n) is 8.63. The maximum atomic E-state index is 10.9. The number of hydrogen-bond donors (Lipinski definition) is 2. The van der Waals surface area contributed by atoms with Crippen LogP contribution in [0.4, 0.5) is 0 Å². The summed E-state index contributed by atoms with van der Waals surface area (Å²) in [5.41, 5.74) is 3.97. The van der Waals surface area contributed by atoms with Crippen molar-refractivity contribution in [3.63, 3.8) is 0 Å². The summed E-state index contributed by atoms with van der Waals surface area (Å²) in [5, 5.41) is 4.71. The average molecular weight is 371 g/mol. The van der Waals surface area contributed by atoms with E-state index < -0.39 is 10.8 Å². The highest BCUT2D eigenvalue weighted by atomic mass is 32.3. The van der Waals surface area contributed by atoms with E-state index in [0.29, 0.717) is 21.6 Å². The number of hydrogen-bond acceptors (Lipinski definition) is 6. The molecule has 0 atom stereocenters. The van der Waals surface area contributed by atoms with E-state index in [9.17, 15) is 9.11 Å². The van der Waals surface area contributed by atoms with Gasteiger partial charge in [-0.2, -0.15) is 4.40 Å². The second kappa shape index (κ2) is 6.50. The first-order valence-corrected chi connectivity index (χ1v) is 10.1. The highest BCUT2D eigenvalue weighted by Crippen LogP contribution is 2.54. The van der Waals surface area contributed by atoms with Crippen LogP contribution in [0.5, 0.6) is 0 Å². The predicted molar refractivity (Wildman–Crippen MR) is 104 cm³/mol. The summed E-state index contributed by atoms with van der Waals surface area (Å²) in [6.45, 7) is 3.71. The summed E-state index contributed by atoms with van der Waals surface area (Å²) in [6, 6.07) is 7.34. The van der Waals surface area contributed by atoms with Crippen LogP contribution in [0, 0.1) is 13.8 Å². The minimum absolute atomic E-state index is 0.400. The van der Waals surface area contributed by atoms with Gasteiger partial charge in [0.05, 0.1) is 16.1 Å². The number of benzene rings is 1. The number of pyridine rings is 1. The van der Waals surface area contributed by atoms with Gasteiger partial charge in [0.2, 0.25) is 0 Å². The minimum Gasteiger partial charge on any atom is -0.361 e. The van der Waals surface area contributed by atoms with Gasteiger partial charge in [-0.3, -0.25) is 14.1 Å². The van der Waals surface area contributed by atoms with Gasteiger partial charge in [-0.15, -0.1) is 0 Å². The average Bonchev–Trinajstić information content (AvgIpc) is 3.23. The fourth-order valence-electron chi connectivity index (χ4n) is 3.52. The van der Waals surface area contributed by atoms with Crippen molar-refractivity contribution in [2.24, 2.45) is 4.40 Å². The Bertz CT molecular complexity index is 983. The zero-order valence-electron chi connectivity index (χ0n) is 14.8. The molecule has 1 fully saturated rings. The number of aromatic nitrogens is 2. The molecule has 0 amide bonds.